The lowest BCUT2D eigenvalue weighted by Gasteiger charge is -2.27. The average Bonchev–Trinajstić information content (AvgIpc) is 2.52. The summed E-state index contributed by atoms with van der Waals surface area (Å²) in [4.78, 5) is 0. The van der Waals surface area contributed by atoms with Crippen LogP contribution in [0.5, 0.6) is 0 Å². The lowest BCUT2D eigenvalue weighted by molar-refractivity contribution is 0.0456. The minimum absolute atomic E-state index is 0.176. The van der Waals surface area contributed by atoms with Gasteiger partial charge in [0.05, 0.1) is 5.60 Å². The fraction of sp³-hybridized carbons (Fsp3) is 0.500. The van der Waals surface area contributed by atoms with Crippen molar-refractivity contribution in [3.8, 4) is 0 Å². The first kappa shape index (κ1) is 12.4. The van der Waals surface area contributed by atoms with E-state index in [9.17, 15) is 9.50 Å². The minimum atomic E-state index is -0.751. The standard InChI is InChI=1S/C12H14BrFOS/c1-8-12(15,4-5-16-8)7-9-2-3-10(13)6-11(9)14/h2-3,6,8,15H,4-5,7H2,1H3. The summed E-state index contributed by atoms with van der Waals surface area (Å²) in [6.07, 6.45) is 1.15. The largest absolute Gasteiger partial charge is 0.388 e. The molecule has 1 saturated heterocycles. The summed E-state index contributed by atoms with van der Waals surface area (Å²) in [5.74, 6) is 0.711. The second kappa shape index (κ2) is 4.67. The Kier molecular flexibility index (Phi) is 3.62. The van der Waals surface area contributed by atoms with Crippen LogP contribution in [-0.2, 0) is 6.42 Å². The molecule has 0 saturated carbocycles. The molecule has 1 heterocycles. The molecule has 1 aliphatic rings. The molecule has 1 aromatic rings. The lowest BCUT2D eigenvalue weighted by Crippen LogP contribution is -2.37. The van der Waals surface area contributed by atoms with Crippen molar-refractivity contribution < 1.29 is 9.50 Å². The first-order chi connectivity index (χ1) is 7.51. The molecule has 2 atom stereocenters. The van der Waals surface area contributed by atoms with Gasteiger partial charge in [-0.15, -0.1) is 0 Å². The van der Waals surface area contributed by atoms with Gasteiger partial charge in [0.2, 0.25) is 0 Å². The molecule has 1 aromatic carbocycles. The van der Waals surface area contributed by atoms with Crippen LogP contribution in [0, 0.1) is 5.82 Å². The predicted molar refractivity (Wildman–Crippen MR) is 69.3 cm³/mol. The van der Waals surface area contributed by atoms with Crippen molar-refractivity contribution in [2.75, 3.05) is 5.75 Å². The predicted octanol–water partition coefficient (Wildman–Crippen LogP) is 3.39. The molecule has 1 N–H and O–H groups in total. The second-order valence-electron chi connectivity index (χ2n) is 4.28. The van der Waals surface area contributed by atoms with E-state index in [1.54, 1.807) is 17.8 Å². The number of aliphatic hydroxyl groups is 1. The van der Waals surface area contributed by atoms with Crippen molar-refractivity contribution in [2.24, 2.45) is 0 Å². The molecule has 0 bridgehead atoms. The topological polar surface area (TPSA) is 20.2 Å². The van der Waals surface area contributed by atoms with Gasteiger partial charge < -0.3 is 5.11 Å². The third-order valence-electron chi connectivity index (χ3n) is 3.17. The Morgan fingerprint density at radius 3 is 2.94 bits per heavy atom. The van der Waals surface area contributed by atoms with Gasteiger partial charge in [-0.05, 0) is 29.9 Å². The van der Waals surface area contributed by atoms with Crippen LogP contribution in [0.25, 0.3) is 0 Å². The zero-order valence-corrected chi connectivity index (χ0v) is 11.4. The van der Waals surface area contributed by atoms with E-state index in [1.807, 2.05) is 13.0 Å². The van der Waals surface area contributed by atoms with Gasteiger partial charge in [-0.25, -0.2) is 4.39 Å². The summed E-state index contributed by atoms with van der Waals surface area (Å²) in [7, 11) is 0. The molecule has 4 heteroatoms. The van der Waals surface area contributed by atoms with E-state index < -0.39 is 5.60 Å². The van der Waals surface area contributed by atoms with Gasteiger partial charge in [0, 0.05) is 16.1 Å². The molecule has 88 valence electrons. The van der Waals surface area contributed by atoms with Crippen molar-refractivity contribution in [2.45, 2.75) is 30.6 Å². The smallest absolute Gasteiger partial charge is 0.127 e. The zero-order valence-electron chi connectivity index (χ0n) is 9.04. The van der Waals surface area contributed by atoms with Crippen molar-refractivity contribution in [3.63, 3.8) is 0 Å². The van der Waals surface area contributed by atoms with Crippen LogP contribution in [0.4, 0.5) is 4.39 Å². The van der Waals surface area contributed by atoms with Gasteiger partial charge in [-0.2, -0.15) is 11.8 Å². The second-order valence-corrected chi connectivity index (χ2v) is 6.64. The van der Waals surface area contributed by atoms with Crippen LogP contribution in [0.2, 0.25) is 0 Å². The molecule has 2 rings (SSSR count). The highest BCUT2D eigenvalue weighted by molar-refractivity contribution is 9.10. The molecule has 2 unspecified atom stereocenters. The number of hydrogen-bond acceptors (Lipinski definition) is 2. The molecule has 1 aliphatic heterocycles. The van der Waals surface area contributed by atoms with Gasteiger partial charge in [0.25, 0.3) is 0 Å². The van der Waals surface area contributed by atoms with Crippen LogP contribution in [0.15, 0.2) is 22.7 Å². The highest BCUT2D eigenvalue weighted by Crippen LogP contribution is 2.38. The third kappa shape index (κ3) is 2.44. The zero-order chi connectivity index (χ0) is 11.8. The molecular formula is C12H14BrFOS. The van der Waals surface area contributed by atoms with E-state index in [0.717, 1.165) is 16.6 Å². The first-order valence-electron chi connectivity index (χ1n) is 5.29. The van der Waals surface area contributed by atoms with Crippen LogP contribution in [0.3, 0.4) is 0 Å². The number of rotatable bonds is 2. The van der Waals surface area contributed by atoms with Crippen molar-refractivity contribution in [1.29, 1.82) is 0 Å². The van der Waals surface area contributed by atoms with Crippen LogP contribution >= 0.6 is 27.7 Å². The summed E-state index contributed by atoms with van der Waals surface area (Å²) < 4.78 is 14.4. The number of halogens is 2. The van der Waals surface area contributed by atoms with E-state index >= 15 is 0 Å². The molecule has 0 radical (unpaired) electrons. The number of thioether (sulfide) groups is 1. The summed E-state index contributed by atoms with van der Waals surface area (Å²) in [6, 6.07) is 5.01. The SMILES string of the molecule is CC1SCCC1(O)Cc1ccc(Br)cc1F. The molecule has 1 fully saturated rings. The fourth-order valence-electron chi connectivity index (χ4n) is 2.00. The highest BCUT2D eigenvalue weighted by atomic mass is 79.9. The van der Waals surface area contributed by atoms with Crippen LogP contribution in [0.1, 0.15) is 18.9 Å². The maximum Gasteiger partial charge on any atom is 0.127 e. The molecular weight excluding hydrogens is 291 g/mol. The van der Waals surface area contributed by atoms with Crippen LogP contribution in [-0.4, -0.2) is 21.7 Å². The van der Waals surface area contributed by atoms with Gasteiger partial charge in [-0.3, -0.25) is 0 Å². The lowest BCUT2D eigenvalue weighted by atomic mass is 9.89. The van der Waals surface area contributed by atoms with E-state index in [1.165, 1.54) is 6.07 Å². The highest BCUT2D eigenvalue weighted by Gasteiger charge is 2.39. The summed E-state index contributed by atoms with van der Waals surface area (Å²) in [6.45, 7) is 2.01. The number of hydrogen-bond donors (Lipinski definition) is 1. The summed E-state index contributed by atoms with van der Waals surface area (Å²) in [5.41, 5.74) is -0.153. The van der Waals surface area contributed by atoms with E-state index in [-0.39, 0.29) is 11.1 Å². The van der Waals surface area contributed by atoms with Gasteiger partial charge in [0.15, 0.2) is 0 Å². The van der Waals surface area contributed by atoms with Crippen molar-refractivity contribution in [3.05, 3.63) is 34.1 Å². The van der Waals surface area contributed by atoms with Crippen molar-refractivity contribution >= 4 is 27.7 Å². The maximum absolute atomic E-state index is 13.7. The minimum Gasteiger partial charge on any atom is -0.388 e. The van der Waals surface area contributed by atoms with Gasteiger partial charge in [-0.1, -0.05) is 28.9 Å². The van der Waals surface area contributed by atoms with E-state index in [2.05, 4.69) is 15.9 Å². The Morgan fingerprint density at radius 2 is 2.38 bits per heavy atom. The Balaban J connectivity index is 2.20. The van der Waals surface area contributed by atoms with E-state index in [0.29, 0.717) is 12.0 Å². The summed E-state index contributed by atoms with van der Waals surface area (Å²) >= 11 is 4.98. The summed E-state index contributed by atoms with van der Waals surface area (Å²) in [5, 5.41) is 10.6. The van der Waals surface area contributed by atoms with Gasteiger partial charge in [0.1, 0.15) is 5.82 Å². The molecule has 0 aliphatic carbocycles. The fourth-order valence-corrected chi connectivity index (χ4v) is 3.67. The normalized spacial score (nSPS) is 29.6. The molecule has 0 amide bonds. The number of benzene rings is 1. The Bertz CT molecular complexity index is 399. The quantitative estimate of drug-likeness (QED) is 0.904. The molecule has 0 spiro atoms. The Labute approximate surface area is 108 Å². The van der Waals surface area contributed by atoms with Crippen LogP contribution < -0.4 is 0 Å². The average molecular weight is 305 g/mol. The van der Waals surface area contributed by atoms with Gasteiger partial charge >= 0.3 is 0 Å². The first-order valence-corrected chi connectivity index (χ1v) is 7.13. The maximum atomic E-state index is 13.7. The molecule has 16 heavy (non-hydrogen) atoms. The van der Waals surface area contributed by atoms with Crippen molar-refractivity contribution in [1.82, 2.24) is 0 Å². The monoisotopic (exact) mass is 304 g/mol. The molecule has 1 nitrogen and oxygen atoms in total. The Morgan fingerprint density at radius 1 is 1.62 bits per heavy atom. The molecule has 0 aromatic heterocycles. The Hall–Kier alpha value is -0.0600. The third-order valence-corrected chi connectivity index (χ3v) is 5.04. The van der Waals surface area contributed by atoms with E-state index in [4.69, 9.17) is 0 Å².